The standard InChI is InChI=1S/C20H24N4O3S/c1-4-12(2)17(11-25)24-20-23-15-6-5-13(10-18(15)28-20)27-14-7-8-22-16(9-14)19(26)21-3/h5-10,12,17,25H,4,11H2,1-3H3,(H,21,26)(H,23,24)/t12-,17+/m0/s1. The lowest BCUT2D eigenvalue weighted by molar-refractivity contribution is 0.0958. The van der Waals surface area contributed by atoms with E-state index in [4.69, 9.17) is 4.74 Å². The van der Waals surface area contributed by atoms with Gasteiger partial charge in [-0.05, 0) is 24.1 Å². The van der Waals surface area contributed by atoms with Gasteiger partial charge in [-0.15, -0.1) is 0 Å². The maximum atomic E-state index is 11.7. The van der Waals surface area contributed by atoms with Gasteiger partial charge in [-0.2, -0.15) is 0 Å². The fourth-order valence-corrected chi connectivity index (χ4v) is 3.66. The van der Waals surface area contributed by atoms with Crippen molar-refractivity contribution in [3.63, 3.8) is 0 Å². The van der Waals surface area contributed by atoms with Crippen LogP contribution in [0.2, 0.25) is 0 Å². The second-order valence-electron chi connectivity index (χ2n) is 6.53. The van der Waals surface area contributed by atoms with Crippen LogP contribution >= 0.6 is 11.3 Å². The molecule has 7 nitrogen and oxygen atoms in total. The molecule has 0 fully saturated rings. The maximum Gasteiger partial charge on any atom is 0.269 e. The van der Waals surface area contributed by atoms with Crippen molar-refractivity contribution in [1.29, 1.82) is 0 Å². The lowest BCUT2D eigenvalue weighted by Gasteiger charge is -2.21. The number of nitrogens with zero attached hydrogens (tertiary/aromatic N) is 2. The van der Waals surface area contributed by atoms with Gasteiger partial charge < -0.3 is 20.5 Å². The third kappa shape index (κ3) is 4.58. The van der Waals surface area contributed by atoms with Gasteiger partial charge in [0, 0.05) is 25.4 Å². The summed E-state index contributed by atoms with van der Waals surface area (Å²) in [6.07, 6.45) is 2.52. The highest BCUT2D eigenvalue weighted by atomic mass is 32.1. The number of hydrogen-bond acceptors (Lipinski definition) is 7. The Kier molecular flexibility index (Phi) is 6.43. The second-order valence-corrected chi connectivity index (χ2v) is 7.56. The molecule has 0 bridgehead atoms. The number of anilines is 1. The Morgan fingerprint density at radius 3 is 2.79 bits per heavy atom. The Balaban J connectivity index is 1.78. The summed E-state index contributed by atoms with van der Waals surface area (Å²) in [6, 6.07) is 8.92. The molecule has 0 unspecified atom stereocenters. The second kappa shape index (κ2) is 8.99. The summed E-state index contributed by atoms with van der Waals surface area (Å²) in [7, 11) is 1.56. The van der Waals surface area contributed by atoms with Crippen LogP contribution < -0.4 is 15.4 Å². The van der Waals surface area contributed by atoms with Crippen molar-refractivity contribution in [3.8, 4) is 11.5 Å². The van der Waals surface area contributed by atoms with E-state index in [9.17, 15) is 9.90 Å². The monoisotopic (exact) mass is 400 g/mol. The van der Waals surface area contributed by atoms with Crippen LogP contribution in [0.1, 0.15) is 30.8 Å². The van der Waals surface area contributed by atoms with Crippen LogP contribution in [-0.2, 0) is 0 Å². The molecule has 8 heteroatoms. The zero-order valence-corrected chi connectivity index (χ0v) is 16.9. The highest BCUT2D eigenvalue weighted by molar-refractivity contribution is 7.22. The van der Waals surface area contributed by atoms with E-state index in [1.807, 2.05) is 18.2 Å². The molecule has 3 N–H and O–H groups in total. The minimum absolute atomic E-state index is 0.0266. The van der Waals surface area contributed by atoms with Gasteiger partial charge in [-0.1, -0.05) is 31.6 Å². The number of thiazole rings is 1. The molecule has 1 aromatic carbocycles. The van der Waals surface area contributed by atoms with Gasteiger partial charge in [0.2, 0.25) is 0 Å². The maximum absolute atomic E-state index is 11.7. The third-order valence-corrected chi connectivity index (χ3v) is 5.57. The molecule has 3 rings (SSSR count). The molecule has 3 aromatic rings. The molecule has 0 saturated heterocycles. The van der Waals surface area contributed by atoms with E-state index >= 15 is 0 Å². The van der Waals surface area contributed by atoms with Crippen LogP contribution in [-0.4, -0.2) is 40.7 Å². The average molecular weight is 401 g/mol. The number of amides is 1. The molecule has 0 radical (unpaired) electrons. The lowest BCUT2D eigenvalue weighted by atomic mass is 10.0. The van der Waals surface area contributed by atoms with Crippen LogP contribution in [0.3, 0.4) is 0 Å². The summed E-state index contributed by atoms with van der Waals surface area (Å²) in [5, 5.41) is 16.3. The van der Waals surface area contributed by atoms with Crippen molar-refractivity contribution in [2.24, 2.45) is 5.92 Å². The molecule has 2 atom stereocenters. The Hall–Kier alpha value is -2.71. The fraction of sp³-hybridized carbons (Fsp3) is 0.350. The number of carbonyl (C=O) groups is 1. The first kappa shape index (κ1) is 20.0. The summed E-state index contributed by atoms with van der Waals surface area (Å²) in [6.45, 7) is 4.27. The number of fused-ring (bicyclic) bond motifs is 1. The number of benzene rings is 1. The number of carbonyl (C=O) groups excluding carboxylic acids is 1. The molecule has 148 valence electrons. The molecule has 0 aliphatic heterocycles. The van der Waals surface area contributed by atoms with E-state index in [0.29, 0.717) is 23.1 Å². The minimum atomic E-state index is -0.265. The van der Waals surface area contributed by atoms with E-state index in [2.05, 4.69) is 34.4 Å². The summed E-state index contributed by atoms with van der Waals surface area (Å²) in [5.41, 5.74) is 1.16. The molecule has 0 saturated carbocycles. The van der Waals surface area contributed by atoms with Crippen LogP contribution in [0.15, 0.2) is 36.5 Å². The first-order chi connectivity index (χ1) is 13.5. The summed E-state index contributed by atoms with van der Waals surface area (Å²) < 4.78 is 6.86. The molecule has 28 heavy (non-hydrogen) atoms. The van der Waals surface area contributed by atoms with Crippen molar-refractivity contribution in [2.75, 3.05) is 19.0 Å². The number of aliphatic hydroxyl groups excluding tert-OH is 1. The highest BCUT2D eigenvalue weighted by Crippen LogP contribution is 2.32. The van der Waals surface area contributed by atoms with Crippen LogP contribution in [0, 0.1) is 5.92 Å². The first-order valence-corrected chi connectivity index (χ1v) is 9.99. The molecular weight excluding hydrogens is 376 g/mol. The normalized spacial score (nSPS) is 13.1. The van der Waals surface area contributed by atoms with Crippen molar-refractivity contribution < 1.29 is 14.6 Å². The Morgan fingerprint density at radius 2 is 2.07 bits per heavy atom. The SMILES string of the molecule is CC[C@H](C)[C@@H](CO)Nc1nc2ccc(Oc3ccnc(C(=O)NC)c3)cc2s1. The number of aromatic nitrogens is 2. The Morgan fingerprint density at radius 1 is 1.29 bits per heavy atom. The number of pyridine rings is 1. The third-order valence-electron chi connectivity index (χ3n) is 4.62. The zero-order chi connectivity index (χ0) is 20.1. The van der Waals surface area contributed by atoms with Crippen LogP contribution in [0.25, 0.3) is 10.2 Å². The summed E-state index contributed by atoms with van der Waals surface area (Å²) >= 11 is 1.52. The minimum Gasteiger partial charge on any atom is -0.457 e. The first-order valence-electron chi connectivity index (χ1n) is 9.18. The largest absolute Gasteiger partial charge is 0.457 e. The number of hydrogen-bond donors (Lipinski definition) is 3. The van der Waals surface area contributed by atoms with Gasteiger partial charge in [0.1, 0.15) is 17.2 Å². The number of ether oxygens (including phenoxy) is 1. The molecule has 0 aliphatic carbocycles. The highest BCUT2D eigenvalue weighted by Gasteiger charge is 2.16. The fourth-order valence-electron chi connectivity index (χ4n) is 2.70. The van der Waals surface area contributed by atoms with Crippen LogP contribution in [0.4, 0.5) is 5.13 Å². The van der Waals surface area contributed by atoms with E-state index < -0.39 is 0 Å². The quantitative estimate of drug-likeness (QED) is 0.534. The van der Waals surface area contributed by atoms with Crippen molar-refractivity contribution in [2.45, 2.75) is 26.3 Å². The van der Waals surface area contributed by atoms with Gasteiger partial charge >= 0.3 is 0 Å². The van der Waals surface area contributed by atoms with Crippen LogP contribution in [0.5, 0.6) is 11.5 Å². The van der Waals surface area contributed by atoms with E-state index in [1.54, 1.807) is 19.2 Å². The van der Waals surface area contributed by atoms with Gasteiger partial charge in [0.05, 0.1) is 22.9 Å². The molecule has 2 heterocycles. The predicted octanol–water partition coefficient (Wildman–Crippen LogP) is 3.66. The average Bonchev–Trinajstić information content (AvgIpc) is 3.12. The number of aliphatic hydroxyl groups is 1. The molecule has 2 aromatic heterocycles. The summed E-state index contributed by atoms with van der Waals surface area (Å²) in [4.78, 5) is 20.3. The Bertz CT molecular complexity index is 960. The molecule has 0 aliphatic rings. The van der Waals surface area contributed by atoms with Crippen molar-refractivity contribution >= 4 is 32.6 Å². The van der Waals surface area contributed by atoms with Gasteiger partial charge in [-0.25, -0.2) is 4.98 Å². The van der Waals surface area contributed by atoms with Crippen molar-refractivity contribution in [1.82, 2.24) is 15.3 Å². The van der Waals surface area contributed by atoms with E-state index in [1.165, 1.54) is 17.5 Å². The predicted molar refractivity (Wildman–Crippen MR) is 111 cm³/mol. The Labute approximate surface area is 167 Å². The number of rotatable bonds is 8. The lowest BCUT2D eigenvalue weighted by Crippen LogP contribution is -2.30. The molecule has 0 spiro atoms. The molecule has 1 amide bonds. The van der Waals surface area contributed by atoms with Crippen molar-refractivity contribution in [3.05, 3.63) is 42.2 Å². The van der Waals surface area contributed by atoms with Gasteiger partial charge in [0.15, 0.2) is 5.13 Å². The summed E-state index contributed by atoms with van der Waals surface area (Å²) in [5.74, 6) is 1.27. The zero-order valence-electron chi connectivity index (χ0n) is 16.1. The van der Waals surface area contributed by atoms with Gasteiger partial charge in [0.25, 0.3) is 5.91 Å². The van der Waals surface area contributed by atoms with E-state index in [0.717, 1.165) is 21.8 Å². The smallest absolute Gasteiger partial charge is 0.269 e. The van der Waals surface area contributed by atoms with E-state index in [-0.39, 0.29) is 18.6 Å². The molecular formula is C20H24N4O3S. The number of nitrogens with one attached hydrogen (secondary N) is 2. The topological polar surface area (TPSA) is 96.4 Å². The van der Waals surface area contributed by atoms with Gasteiger partial charge in [-0.3, -0.25) is 9.78 Å².